The number of rotatable bonds is 7. The van der Waals surface area contributed by atoms with E-state index in [1.54, 1.807) is 0 Å². The second-order valence-corrected chi connectivity index (χ2v) is 10.5. The fourth-order valence-electron chi connectivity index (χ4n) is 5.20. The molecule has 2 saturated carbocycles. The van der Waals surface area contributed by atoms with Crippen molar-refractivity contribution < 1.29 is 29.3 Å². The van der Waals surface area contributed by atoms with Crippen molar-refractivity contribution >= 4 is 11.9 Å². The van der Waals surface area contributed by atoms with E-state index in [0.29, 0.717) is 23.7 Å². The molecule has 0 radical (unpaired) electrons. The quantitative estimate of drug-likeness (QED) is 0.603. The molecule has 2 N–H and O–H groups in total. The molecule has 0 aliphatic heterocycles. The topological polar surface area (TPSA) is 93.1 Å². The van der Waals surface area contributed by atoms with Gasteiger partial charge in [0, 0.05) is 0 Å². The van der Waals surface area contributed by atoms with Crippen molar-refractivity contribution in [2.75, 3.05) is 0 Å². The maximum Gasteiger partial charge on any atom is 0.338 e. The van der Waals surface area contributed by atoms with Crippen molar-refractivity contribution in [2.45, 2.75) is 104 Å². The maximum atomic E-state index is 12.5. The molecule has 0 unspecified atom stereocenters. The van der Waals surface area contributed by atoms with Crippen LogP contribution in [0.3, 0.4) is 0 Å². The monoisotopic (exact) mass is 426 g/mol. The van der Waals surface area contributed by atoms with Crippen LogP contribution in [0.4, 0.5) is 0 Å². The van der Waals surface area contributed by atoms with E-state index in [1.807, 2.05) is 0 Å². The Bertz CT molecular complexity index is 524. The molecule has 0 spiro atoms. The summed E-state index contributed by atoms with van der Waals surface area (Å²) in [6.45, 7) is 12.6. The van der Waals surface area contributed by atoms with Crippen LogP contribution in [0.25, 0.3) is 0 Å². The second-order valence-electron chi connectivity index (χ2n) is 10.5. The predicted molar refractivity (Wildman–Crippen MR) is 114 cm³/mol. The summed E-state index contributed by atoms with van der Waals surface area (Å²) in [6, 6.07) is 0. The van der Waals surface area contributed by atoms with Gasteiger partial charge in [0.2, 0.25) is 0 Å². The number of aliphatic hydroxyl groups excluding tert-OH is 2. The molecule has 8 atom stereocenters. The Hall–Kier alpha value is -1.14. The normalized spacial score (nSPS) is 34.5. The fraction of sp³-hybridized carbons (Fsp3) is 0.917. The second kappa shape index (κ2) is 10.9. The number of esters is 2. The lowest BCUT2D eigenvalue weighted by Crippen LogP contribution is -2.47. The average Bonchev–Trinajstić information content (AvgIpc) is 2.66. The summed E-state index contributed by atoms with van der Waals surface area (Å²) in [5.74, 6) is 0.126. The number of aliphatic hydroxyl groups is 2. The Morgan fingerprint density at radius 1 is 0.700 bits per heavy atom. The molecule has 0 aromatic rings. The third-order valence-corrected chi connectivity index (χ3v) is 7.24. The van der Waals surface area contributed by atoms with E-state index >= 15 is 0 Å². The molecule has 2 fully saturated rings. The molecule has 0 amide bonds. The first kappa shape index (κ1) is 25.1. The highest BCUT2D eigenvalue weighted by molar-refractivity contribution is 5.85. The molecule has 0 saturated heterocycles. The van der Waals surface area contributed by atoms with Gasteiger partial charge >= 0.3 is 11.9 Å². The predicted octanol–water partition coefficient (Wildman–Crippen LogP) is 3.72. The molecule has 2 aliphatic carbocycles. The number of ether oxygens (including phenoxy) is 2. The van der Waals surface area contributed by atoms with E-state index < -0.39 is 24.1 Å². The number of hydrogen-bond acceptors (Lipinski definition) is 6. The van der Waals surface area contributed by atoms with Gasteiger partial charge < -0.3 is 19.7 Å². The molecule has 0 bridgehead atoms. The van der Waals surface area contributed by atoms with Crippen LogP contribution in [0.15, 0.2) is 0 Å². The van der Waals surface area contributed by atoms with E-state index in [9.17, 15) is 19.8 Å². The number of carbonyl (C=O) groups is 2. The highest BCUT2D eigenvalue weighted by Gasteiger charge is 2.40. The Kier molecular flexibility index (Phi) is 9.16. The van der Waals surface area contributed by atoms with Gasteiger partial charge in [0.25, 0.3) is 0 Å². The molecule has 0 heterocycles. The Morgan fingerprint density at radius 3 is 1.33 bits per heavy atom. The van der Waals surface area contributed by atoms with Crippen molar-refractivity contribution in [2.24, 2.45) is 35.5 Å². The van der Waals surface area contributed by atoms with E-state index in [0.717, 1.165) is 38.5 Å². The van der Waals surface area contributed by atoms with Gasteiger partial charge in [-0.15, -0.1) is 0 Å². The van der Waals surface area contributed by atoms with Crippen LogP contribution in [0.5, 0.6) is 0 Å². The first-order valence-corrected chi connectivity index (χ1v) is 11.8. The Labute approximate surface area is 181 Å². The Morgan fingerprint density at radius 2 is 1.03 bits per heavy atom. The first-order valence-electron chi connectivity index (χ1n) is 11.8. The molecule has 0 aromatic carbocycles. The molecule has 30 heavy (non-hydrogen) atoms. The molecule has 0 aromatic heterocycles. The van der Waals surface area contributed by atoms with Crippen molar-refractivity contribution in [3.05, 3.63) is 0 Å². The van der Waals surface area contributed by atoms with Crippen LogP contribution >= 0.6 is 0 Å². The minimum absolute atomic E-state index is 0.219. The van der Waals surface area contributed by atoms with Crippen LogP contribution in [-0.2, 0) is 19.1 Å². The lowest BCUT2D eigenvalue weighted by molar-refractivity contribution is -0.185. The summed E-state index contributed by atoms with van der Waals surface area (Å²) >= 11 is 0. The van der Waals surface area contributed by atoms with E-state index in [4.69, 9.17) is 9.47 Å². The van der Waals surface area contributed by atoms with Crippen molar-refractivity contribution in [1.82, 2.24) is 0 Å². The van der Waals surface area contributed by atoms with Gasteiger partial charge in [0.15, 0.2) is 12.2 Å². The van der Waals surface area contributed by atoms with Gasteiger partial charge in [-0.25, -0.2) is 9.59 Å². The molecular formula is C24H42O6. The largest absolute Gasteiger partial charge is 0.460 e. The average molecular weight is 427 g/mol. The molecular weight excluding hydrogens is 384 g/mol. The minimum atomic E-state index is -1.93. The van der Waals surface area contributed by atoms with E-state index in [-0.39, 0.29) is 24.0 Å². The van der Waals surface area contributed by atoms with Gasteiger partial charge in [0.05, 0.1) is 0 Å². The molecule has 6 heteroatoms. The SMILES string of the molecule is CC(C)[C@@H]1CC[C@@H](C)C[C@H]1OC(=O)[C@H](O)[C@@H](O)C(=O)O[C@@H]1C[C@H](C)CC[C@H]1C(C)C. The van der Waals surface area contributed by atoms with Gasteiger partial charge in [0.1, 0.15) is 12.2 Å². The lowest BCUT2D eigenvalue weighted by atomic mass is 9.75. The highest BCUT2D eigenvalue weighted by atomic mass is 16.6. The molecule has 174 valence electrons. The first-order chi connectivity index (χ1) is 14.0. The van der Waals surface area contributed by atoms with Crippen LogP contribution in [0.2, 0.25) is 0 Å². The van der Waals surface area contributed by atoms with E-state index in [1.165, 1.54) is 0 Å². The zero-order valence-electron chi connectivity index (χ0n) is 19.5. The lowest BCUT2D eigenvalue weighted by Gasteiger charge is -2.38. The zero-order valence-corrected chi connectivity index (χ0v) is 19.5. The van der Waals surface area contributed by atoms with E-state index in [2.05, 4.69) is 41.5 Å². The van der Waals surface area contributed by atoms with Gasteiger partial charge in [-0.05, 0) is 61.2 Å². The number of carbonyl (C=O) groups excluding carboxylic acids is 2. The fourth-order valence-corrected chi connectivity index (χ4v) is 5.20. The van der Waals surface area contributed by atoms with Gasteiger partial charge in [-0.3, -0.25) is 0 Å². The third kappa shape index (κ3) is 6.43. The Balaban J connectivity index is 1.96. The van der Waals surface area contributed by atoms with Crippen molar-refractivity contribution in [3.8, 4) is 0 Å². The standard InChI is InChI=1S/C24H42O6/c1-13(2)17-9-7-15(5)11-19(17)29-23(27)21(25)22(26)24(28)30-20-12-16(6)8-10-18(20)14(3)4/h13-22,25-26H,7-12H2,1-6H3/t15-,16-,17+,18+,19-,20-,21-,22-/m1/s1. The summed E-state index contributed by atoms with van der Waals surface area (Å²) in [7, 11) is 0. The molecule has 2 rings (SSSR count). The third-order valence-electron chi connectivity index (χ3n) is 7.24. The smallest absolute Gasteiger partial charge is 0.338 e. The van der Waals surface area contributed by atoms with Crippen LogP contribution in [-0.4, -0.2) is 46.6 Å². The van der Waals surface area contributed by atoms with Crippen LogP contribution in [0.1, 0.15) is 80.1 Å². The van der Waals surface area contributed by atoms with Crippen molar-refractivity contribution in [3.63, 3.8) is 0 Å². The molecule has 2 aliphatic rings. The maximum absolute atomic E-state index is 12.5. The summed E-state index contributed by atoms with van der Waals surface area (Å²) in [5, 5.41) is 20.6. The van der Waals surface area contributed by atoms with Gasteiger partial charge in [-0.2, -0.15) is 0 Å². The van der Waals surface area contributed by atoms with Crippen molar-refractivity contribution in [1.29, 1.82) is 0 Å². The highest BCUT2D eigenvalue weighted by Crippen LogP contribution is 2.37. The molecule has 6 nitrogen and oxygen atoms in total. The van der Waals surface area contributed by atoms with Crippen LogP contribution < -0.4 is 0 Å². The summed E-state index contributed by atoms with van der Waals surface area (Å²) < 4.78 is 11.2. The summed E-state index contributed by atoms with van der Waals surface area (Å²) in [4.78, 5) is 25.0. The van der Waals surface area contributed by atoms with Gasteiger partial charge in [-0.1, -0.05) is 54.4 Å². The summed E-state index contributed by atoms with van der Waals surface area (Å²) in [5.41, 5.74) is 0. The summed E-state index contributed by atoms with van der Waals surface area (Å²) in [6.07, 6.45) is 1.11. The zero-order chi connectivity index (χ0) is 22.6. The van der Waals surface area contributed by atoms with Crippen LogP contribution in [0, 0.1) is 35.5 Å². The number of hydrogen-bond donors (Lipinski definition) is 2. The minimum Gasteiger partial charge on any atom is -0.460 e.